The minimum Gasteiger partial charge on any atom is -0.452 e. The lowest BCUT2D eigenvalue weighted by Crippen LogP contribution is -2.21. The van der Waals surface area contributed by atoms with Crippen molar-refractivity contribution in [3.63, 3.8) is 0 Å². The van der Waals surface area contributed by atoms with Crippen molar-refractivity contribution < 1.29 is 14.3 Å². The van der Waals surface area contributed by atoms with Gasteiger partial charge in [0.25, 0.3) is 5.91 Å². The van der Waals surface area contributed by atoms with E-state index in [0.717, 1.165) is 0 Å². The number of nitrogens with one attached hydrogen (secondary N) is 3. The fraction of sp³-hybridized carbons (Fsp3) is 0.0625. The Morgan fingerprint density at radius 3 is 2.64 bits per heavy atom. The Bertz CT molecular complexity index is 1020. The van der Waals surface area contributed by atoms with Gasteiger partial charge >= 0.3 is 11.7 Å². The number of hydrogen-bond acceptors (Lipinski definition) is 5. The van der Waals surface area contributed by atoms with Crippen LogP contribution in [0.25, 0.3) is 11.0 Å². The molecule has 0 atom stereocenters. The number of ether oxygens (including phenoxy) is 1. The molecule has 1 aromatic heterocycles. The zero-order valence-electron chi connectivity index (χ0n) is 12.8. The van der Waals surface area contributed by atoms with E-state index in [4.69, 9.17) is 22.1 Å². The number of anilines is 2. The van der Waals surface area contributed by atoms with Gasteiger partial charge in [0.2, 0.25) is 0 Å². The SMILES string of the molecule is Nc1cc(C(=O)OCC(=O)Nc2ccc3[nH]c(=O)[nH]c3c2)ccc1Cl. The number of fused-ring (bicyclic) bond motifs is 1. The van der Waals surface area contributed by atoms with Gasteiger partial charge in [-0.2, -0.15) is 0 Å². The fourth-order valence-corrected chi connectivity index (χ4v) is 2.31. The van der Waals surface area contributed by atoms with Gasteiger partial charge in [0, 0.05) is 5.69 Å². The number of carbonyl (C=O) groups excluding carboxylic acids is 2. The summed E-state index contributed by atoms with van der Waals surface area (Å²) in [4.78, 5) is 40.2. The molecule has 3 aromatic rings. The zero-order chi connectivity index (χ0) is 18.0. The minimum absolute atomic E-state index is 0.195. The van der Waals surface area contributed by atoms with E-state index in [1.54, 1.807) is 18.2 Å². The monoisotopic (exact) mass is 360 g/mol. The van der Waals surface area contributed by atoms with Crippen molar-refractivity contribution in [1.82, 2.24) is 9.97 Å². The molecule has 0 bridgehead atoms. The largest absolute Gasteiger partial charge is 0.452 e. The molecule has 1 heterocycles. The molecule has 0 aliphatic heterocycles. The summed E-state index contributed by atoms with van der Waals surface area (Å²) >= 11 is 5.78. The van der Waals surface area contributed by atoms with Gasteiger partial charge in [0.1, 0.15) is 0 Å². The molecule has 2 aromatic carbocycles. The second-order valence-corrected chi connectivity index (χ2v) is 5.61. The van der Waals surface area contributed by atoms with Crippen LogP contribution in [-0.4, -0.2) is 28.5 Å². The first-order valence-corrected chi connectivity index (χ1v) is 7.54. The van der Waals surface area contributed by atoms with Crippen LogP contribution in [0.1, 0.15) is 10.4 Å². The van der Waals surface area contributed by atoms with Crippen LogP contribution in [0.3, 0.4) is 0 Å². The molecule has 0 saturated carbocycles. The number of nitrogens with two attached hydrogens (primary N) is 1. The molecule has 9 heteroatoms. The topological polar surface area (TPSA) is 130 Å². The minimum atomic E-state index is -0.691. The van der Waals surface area contributed by atoms with Crippen molar-refractivity contribution in [3.8, 4) is 0 Å². The average molecular weight is 361 g/mol. The van der Waals surface area contributed by atoms with E-state index >= 15 is 0 Å². The van der Waals surface area contributed by atoms with E-state index < -0.39 is 18.5 Å². The van der Waals surface area contributed by atoms with Crippen molar-refractivity contribution >= 4 is 45.9 Å². The number of benzene rings is 2. The van der Waals surface area contributed by atoms with Gasteiger partial charge < -0.3 is 25.8 Å². The smallest absolute Gasteiger partial charge is 0.338 e. The van der Waals surface area contributed by atoms with Gasteiger partial charge in [-0.1, -0.05) is 11.6 Å². The molecule has 0 spiro atoms. The predicted octanol–water partition coefficient (Wildman–Crippen LogP) is 1.89. The number of hydrogen-bond donors (Lipinski definition) is 4. The van der Waals surface area contributed by atoms with E-state index in [2.05, 4.69) is 15.3 Å². The number of halogens is 1. The number of aromatic nitrogens is 2. The summed E-state index contributed by atoms with van der Waals surface area (Å²) in [6.45, 7) is -0.469. The van der Waals surface area contributed by atoms with Gasteiger partial charge in [-0.15, -0.1) is 0 Å². The molecular weight excluding hydrogens is 348 g/mol. The molecule has 0 aliphatic rings. The third-order valence-electron chi connectivity index (χ3n) is 3.37. The molecule has 0 saturated heterocycles. The van der Waals surface area contributed by atoms with Crippen molar-refractivity contribution in [2.24, 2.45) is 0 Å². The van der Waals surface area contributed by atoms with Gasteiger partial charge in [-0.3, -0.25) is 4.79 Å². The summed E-state index contributed by atoms with van der Waals surface area (Å²) in [5.41, 5.74) is 7.35. The Labute approximate surface area is 145 Å². The van der Waals surface area contributed by atoms with Crippen LogP contribution in [0.2, 0.25) is 5.02 Å². The molecule has 25 heavy (non-hydrogen) atoms. The first-order valence-electron chi connectivity index (χ1n) is 7.16. The Morgan fingerprint density at radius 1 is 1.12 bits per heavy atom. The van der Waals surface area contributed by atoms with Gasteiger partial charge in [-0.25, -0.2) is 9.59 Å². The van der Waals surface area contributed by atoms with Crippen LogP contribution >= 0.6 is 11.6 Å². The second kappa shape index (κ2) is 6.70. The Morgan fingerprint density at radius 2 is 1.88 bits per heavy atom. The molecule has 3 rings (SSSR count). The number of H-pyrrole nitrogens is 2. The molecule has 128 valence electrons. The summed E-state index contributed by atoms with van der Waals surface area (Å²) in [5.74, 6) is -1.21. The third-order valence-corrected chi connectivity index (χ3v) is 3.71. The normalized spacial score (nSPS) is 10.6. The molecular formula is C16H13ClN4O4. The molecule has 5 N–H and O–H groups in total. The van der Waals surface area contributed by atoms with E-state index in [0.29, 0.717) is 21.7 Å². The number of aromatic amines is 2. The maximum absolute atomic E-state index is 11.9. The molecule has 8 nitrogen and oxygen atoms in total. The van der Waals surface area contributed by atoms with Crippen molar-refractivity contribution in [2.75, 3.05) is 17.7 Å². The van der Waals surface area contributed by atoms with Crippen LogP contribution in [0.4, 0.5) is 11.4 Å². The number of rotatable bonds is 4. The number of nitrogen functional groups attached to an aromatic ring is 1. The number of esters is 1. The van der Waals surface area contributed by atoms with Crippen molar-refractivity contribution in [1.29, 1.82) is 0 Å². The lowest BCUT2D eigenvalue weighted by molar-refractivity contribution is -0.119. The lowest BCUT2D eigenvalue weighted by Gasteiger charge is -2.07. The first kappa shape index (κ1) is 16.6. The van der Waals surface area contributed by atoms with Gasteiger partial charge in [-0.05, 0) is 36.4 Å². The highest BCUT2D eigenvalue weighted by atomic mass is 35.5. The standard InChI is InChI=1S/C16H13ClN4O4/c17-10-3-1-8(5-11(10)18)15(23)25-7-14(22)19-9-2-4-12-13(6-9)21-16(24)20-12/h1-6H,7,18H2,(H,19,22)(H2,20,21,24). The van der Waals surface area contributed by atoms with Crippen molar-refractivity contribution in [2.45, 2.75) is 0 Å². The lowest BCUT2D eigenvalue weighted by atomic mass is 10.2. The molecule has 0 unspecified atom stereocenters. The van der Waals surface area contributed by atoms with Crippen LogP contribution in [0.5, 0.6) is 0 Å². The molecule has 0 fully saturated rings. The first-order chi connectivity index (χ1) is 11.9. The predicted molar refractivity (Wildman–Crippen MR) is 93.7 cm³/mol. The molecule has 1 amide bonds. The zero-order valence-corrected chi connectivity index (χ0v) is 13.5. The number of amides is 1. The molecule has 0 aliphatic carbocycles. The van der Waals surface area contributed by atoms with E-state index in [9.17, 15) is 14.4 Å². The van der Waals surface area contributed by atoms with Gasteiger partial charge in [0.15, 0.2) is 6.61 Å². The quantitative estimate of drug-likeness (QED) is 0.417. The molecule has 0 radical (unpaired) electrons. The number of carbonyl (C=O) groups is 2. The number of imidazole rings is 1. The highest BCUT2D eigenvalue weighted by Gasteiger charge is 2.12. The maximum atomic E-state index is 11.9. The van der Waals surface area contributed by atoms with E-state index in [-0.39, 0.29) is 16.9 Å². The second-order valence-electron chi connectivity index (χ2n) is 5.20. The average Bonchev–Trinajstić information content (AvgIpc) is 2.94. The summed E-state index contributed by atoms with van der Waals surface area (Å²) < 4.78 is 4.93. The van der Waals surface area contributed by atoms with E-state index in [1.807, 2.05) is 0 Å². The summed E-state index contributed by atoms with van der Waals surface area (Å²) in [6.07, 6.45) is 0. The van der Waals surface area contributed by atoms with E-state index in [1.165, 1.54) is 18.2 Å². The van der Waals surface area contributed by atoms with Crippen molar-refractivity contribution in [3.05, 3.63) is 57.5 Å². The van der Waals surface area contributed by atoms with Crippen LogP contribution in [0, 0.1) is 0 Å². The highest BCUT2D eigenvalue weighted by molar-refractivity contribution is 6.33. The summed E-state index contributed by atoms with van der Waals surface area (Å²) in [5, 5.41) is 2.90. The van der Waals surface area contributed by atoms with Gasteiger partial charge in [0.05, 0.1) is 27.3 Å². The Kier molecular flexibility index (Phi) is 4.44. The fourth-order valence-electron chi connectivity index (χ4n) is 2.19. The Hall–Kier alpha value is -3.26. The highest BCUT2D eigenvalue weighted by Crippen LogP contribution is 2.20. The summed E-state index contributed by atoms with van der Waals surface area (Å²) in [7, 11) is 0. The Balaban J connectivity index is 1.60. The maximum Gasteiger partial charge on any atom is 0.338 e. The van der Waals surface area contributed by atoms with Crippen LogP contribution in [-0.2, 0) is 9.53 Å². The van der Waals surface area contributed by atoms with Crippen LogP contribution < -0.4 is 16.7 Å². The van der Waals surface area contributed by atoms with Crippen LogP contribution in [0.15, 0.2) is 41.2 Å². The third kappa shape index (κ3) is 3.81. The summed E-state index contributed by atoms with van der Waals surface area (Å²) in [6, 6.07) is 9.15.